The van der Waals surface area contributed by atoms with Gasteiger partial charge in [0.15, 0.2) is 52.4 Å². The Balaban J connectivity index is 0.000000404. The van der Waals surface area contributed by atoms with Crippen molar-refractivity contribution in [3.8, 4) is 5.75 Å². The van der Waals surface area contributed by atoms with E-state index in [1.807, 2.05) is 0 Å². The van der Waals surface area contributed by atoms with E-state index in [1.165, 1.54) is 193 Å². The summed E-state index contributed by atoms with van der Waals surface area (Å²) in [7, 11) is 2.42. The Labute approximate surface area is 433 Å². The third-order valence-corrected chi connectivity index (χ3v) is 14.3. The van der Waals surface area contributed by atoms with Crippen molar-refractivity contribution in [1.29, 1.82) is 0 Å². The molecule has 0 aliphatic carbocycles. The minimum atomic E-state index is -5.99. The van der Waals surface area contributed by atoms with Crippen molar-refractivity contribution in [3.05, 3.63) is 112 Å². The van der Waals surface area contributed by atoms with Crippen LogP contribution in [0.4, 0.5) is 65.9 Å². The molecular formula is C57H75BF15NO. The molecule has 2 N–H and O–H groups in total. The smallest absolute Gasteiger partial charge is 0.200 e. The van der Waals surface area contributed by atoms with Crippen LogP contribution in [0.5, 0.6) is 5.75 Å². The first-order valence-corrected chi connectivity index (χ1v) is 27.2. The first kappa shape index (κ1) is 64.9. The lowest BCUT2D eigenvalue weighted by molar-refractivity contribution is -0.880. The lowest BCUT2D eigenvalue weighted by atomic mass is 9.12. The van der Waals surface area contributed by atoms with E-state index >= 15 is 26.3 Å². The molecule has 0 aliphatic heterocycles. The third kappa shape index (κ3) is 17.6. The van der Waals surface area contributed by atoms with Crippen molar-refractivity contribution in [3.63, 3.8) is 0 Å². The molecule has 0 aliphatic rings. The number of hydrogen-bond donors (Lipinski definition) is 2. The van der Waals surface area contributed by atoms with Crippen molar-refractivity contribution in [2.24, 2.45) is 0 Å². The summed E-state index contributed by atoms with van der Waals surface area (Å²) in [6.07, 6.45) is 35.1. The number of para-hydroxylation sites is 1. The number of phenols is 1. The van der Waals surface area contributed by atoms with Crippen LogP contribution in [-0.2, 0) is 0 Å². The van der Waals surface area contributed by atoms with Crippen LogP contribution in [0.1, 0.15) is 194 Å². The number of benzene rings is 4. The number of hydrogen-bond acceptors (Lipinski definition) is 1. The van der Waals surface area contributed by atoms with Crippen molar-refractivity contribution < 1.29 is 75.9 Å². The molecule has 0 spiro atoms. The highest BCUT2D eigenvalue weighted by Gasteiger charge is 2.50. The van der Waals surface area contributed by atoms with Gasteiger partial charge in [0.25, 0.3) is 0 Å². The fraction of sp³-hybridized carbons (Fsp3) is 0.579. The zero-order valence-electron chi connectivity index (χ0n) is 43.7. The van der Waals surface area contributed by atoms with E-state index in [1.54, 1.807) is 4.90 Å². The van der Waals surface area contributed by atoms with E-state index in [-0.39, 0.29) is 6.07 Å². The van der Waals surface area contributed by atoms with Gasteiger partial charge in [-0.25, -0.2) is 65.9 Å². The van der Waals surface area contributed by atoms with Crippen LogP contribution in [-0.4, -0.2) is 31.4 Å². The Morgan fingerprint density at radius 2 is 0.507 bits per heavy atom. The standard InChI is InChI=1S/C33H69N.C24H5BF15O/c1-4-6-8-10-12-14-16-18-20-22-24-26-28-30-32-34(3)33-31-29-27-25-23-21-19-17-15-13-11-9-7-5-2;26-10-7(11(27)17(33)22(38)16(10)32)25(5-3-1-2-4-6(5)41,8-12(28)18(34)23(39)19(35)13(8)29)9-14(30)20(36)24(40)21(37)15(9)31/h4-33H2,1-3H3;1-4,41H/q;-1/p+1. The number of unbranched alkanes of at least 4 members (excludes halogenated alkanes) is 26. The maximum absolute atomic E-state index is 15.4. The molecular weight excluding hydrogens is 1010 g/mol. The average molecular weight is 1090 g/mol. The van der Waals surface area contributed by atoms with Gasteiger partial charge in [-0.05, 0) is 31.7 Å². The minimum absolute atomic E-state index is 0.184. The zero-order valence-corrected chi connectivity index (χ0v) is 43.7. The molecule has 0 radical (unpaired) electrons. The lowest BCUT2D eigenvalue weighted by Crippen LogP contribution is -3.09. The molecule has 0 fully saturated rings. The van der Waals surface area contributed by atoms with E-state index in [0.29, 0.717) is 12.1 Å². The molecule has 0 bridgehead atoms. The van der Waals surface area contributed by atoms with Gasteiger partial charge in [-0.2, -0.15) is 5.46 Å². The second kappa shape index (κ2) is 33.7. The lowest BCUT2D eigenvalue weighted by Gasteiger charge is -2.44. The highest BCUT2D eigenvalue weighted by atomic mass is 19.2. The highest BCUT2D eigenvalue weighted by molar-refractivity contribution is 7.20. The maximum Gasteiger partial charge on any atom is 0.200 e. The summed E-state index contributed by atoms with van der Waals surface area (Å²) < 4.78 is 221. The van der Waals surface area contributed by atoms with Gasteiger partial charge < -0.3 is 10.0 Å². The molecule has 4 rings (SSSR count). The van der Waals surface area contributed by atoms with E-state index in [0.717, 1.165) is 6.07 Å². The Bertz CT molecular complexity index is 2080. The quantitative estimate of drug-likeness (QED) is 0.0157. The first-order chi connectivity index (χ1) is 35.9. The van der Waals surface area contributed by atoms with Gasteiger partial charge in [0.05, 0.1) is 25.9 Å². The Morgan fingerprint density at radius 3 is 0.733 bits per heavy atom. The van der Waals surface area contributed by atoms with Crippen LogP contribution in [0.25, 0.3) is 0 Å². The molecule has 0 amide bonds. The van der Waals surface area contributed by atoms with Crippen LogP contribution in [0.15, 0.2) is 24.3 Å². The van der Waals surface area contributed by atoms with E-state index in [9.17, 15) is 44.6 Å². The monoisotopic (exact) mass is 1090 g/mol. The van der Waals surface area contributed by atoms with Gasteiger partial charge >= 0.3 is 0 Å². The van der Waals surface area contributed by atoms with Gasteiger partial charge in [-0.1, -0.05) is 186 Å². The van der Waals surface area contributed by atoms with Gasteiger partial charge in [-0.15, -0.1) is 16.4 Å². The summed E-state index contributed by atoms with van der Waals surface area (Å²) in [5.74, 6) is -48.4. The summed E-state index contributed by atoms with van der Waals surface area (Å²) >= 11 is 0. The fourth-order valence-electron chi connectivity index (χ4n) is 10.1. The molecule has 0 unspecified atom stereocenters. The SMILES string of the molecule is CCCCCCCCCCCCCCCC[NH+](C)CCCCCCCCCCCCCCCC.Oc1ccccc1[B-](c1c(F)c(F)c(F)c(F)c1F)(c1c(F)c(F)c(F)c(F)c1F)c1c(F)c(F)c(F)c(F)c1F. The normalized spacial score (nSPS) is 11.8. The predicted octanol–water partition coefficient (Wildman–Crippen LogP) is 15.3. The van der Waals surface area contributed by atoms with E-state index in [4.69, 9.17) is 0 Å². The molecule has 0 aromatic heterocycles. The summed E-state index contributed by atoms with van der Waals surface area (Å²) in [6.45, 7) is 7.41. The van der Waals surface area contributed by atoms with Gasteiger partial charge in [0.1, 0.15) is 41.0 Å². The molecule has 18 heteroatoms. The predicted molar refractivity (Wildman–Crippen MR) is 268 cm³/mol. The van der Waals surface area contributed by atoms with E-state index in [2.05, 4.69) is 20.9 Å². The first-order valence-electron chi connectivity index (χ1n) is 27.2. The van der Waals surface area contributed by atoms with Gasteiger partial charge in [0.2, 0.25) is 0 Å². The Hall–Kier alpha value is -4.35. The van der Waals surface area contributed by atoms with Gasteiger partial charge in [0, 0.05) is 0 Å². The van der Waals surface area contributed by atoms with Crippen LogP contribution < -0.4 is 26.8 Å². The molecule has 4 aromatic rings. The molecule has 4 aromatic carbocycles. The van der Waals surface area contributed by atoms with Crippen LogP contribution >= 0.6 is 0 Å². The molecule has 0 saturated heterocycles. The average Bonchev–Trinajstić information content (AvgIpc) is 3.40. The molecule has 0 heterocycles. The second-order valence-corrected chi connectivity index (χ2v) is 20.0. The highest BCUT2D eigenvalue weighted by Crippen LogP contribution is 2.30. The zero-order chi connectivity index (χ0) is 55.7. The number of halogens is 15. The number of nitrogens with one attached hydrogen (secondary N) is 1. The van der Waals surface area contributed by atoms with Crippen LogP contribution in [0, 0.1) is 87.3 Å². The Kier molecular flexibility index (Phi) is 29.2. The number of aromatic hydroxyl groups is 1. The van der Waals surface area contributed by atoms with E-state index < -0.39 is 121 Å². The minimum Gasteiger partial charge on any atom is -0.511 e. The number of quaternary nitrogens is 1. The van der Waals surface area contributed by atoms with Crippen molar-refractivity contribution in [2.75, 3.05) is 20.1 Å². The fourth-order valence-corrected chi connectivity index (χ4v) is 10.1. The van der Waals surface area contributed by atoms with Crippen molar-refractivity contribution in [1.82, 2.24) is 0 Å². The summed E-state index contributed by atoms with van der Waals surface area (Å²) in [5, 5.41) is 10.5. The van der Waals surface area contributed by atoms with Crippen molar-refractivity contribution in [2.45, 2.75) is 194 Å². The van der Waals surface area contributed by atoms with Crippen LogP contribution in [0.3, 0.4) is 0 Å². The third-order valence-electron chi connectivity index (χ3n) is 14.3. The van der Waals surface area contributed by atoms with Gasteiger partial charge in [-0.3, -0.25) is 0 Å². The molecule has 0 saturated carbocycles. The van der Waals surface area contributed by atoms with Crippen LogP contribution in [0.2, 0.25) is 0 Å². The largest absolute Gasteiger partial charge is 0.511 e. The summed E-state index contributed by atoms with van der Waals surface area (Å²) in [6, 6.07) is 1.92. The maximum atomic E-state index is 15.4. The molecule has 422 valence electrons. The summed E-state index contributed by atoms with van der Waals surface area (Å²) in [5.41, 5.74) is -10.3. The second-order valence-electron chi connectivity index (χ2n) is 20.0. The summed E-state index contributed by atoms with van der Waals surface area (Å²) in [4.78, 5) is 1.78. The number of phenolic OH excluding ortho intramolecular Hbond substituents is 1. The molecule has 75 heavy (non-hydrogen) atoms. The van der Waals surface area contributed by atoms with Crippen molar-refractivity contribution >= 4 is 28.0 Å². The Morgan fingerprint density at radius 1 is 0.307 bits per heavy atom. The molecule has 0 atom stereocenters. The number of rotatable bonds is 34. The molecule has 2 nitrogen and oxygen atoms in total. The topological polar surface area (TPSA) is 24.7 Å².